The minimum atomic E-state index is -0.401. The molecule has 0 unspecified atom stereocenters. The number of anilines is 1. The fourth-order valence-electron chi connectivity index (χ4n) is 5.30. The quantitative estimate of drug-likeness (QED) is 0.161. The van der Waals surface area contributed by atoms with Gasteiger partial charge >= 0.3 is 0 Å². The standard InChI is InChI=1S/C29H26N4O4S/c34-33(35)24-11-4-3-9-22(24)25-16-17-26(37-25)28-27(23-10-5-6-18-30-23)31-29(38)32(28)19-12-14-21(15-13-19)36-20-7-1-2-8-20/h3-6,9-18,20,27-28H,1-2,7-8H2,(H,31,38)/t27-,28+/m0/s1. The first-order valence-electron chi connectivity index (χ1n) is 12.7. The summed E-state index contributed by atoms with van der Waals surface area (Å²) in [6.07, 6.45) is 6.64. The molecule has 6 rings (SSSR count). The minimum Gasteiger partial charge on any atom is -0.490 e. The third-order valence-electron chi connectivity index (χ3n) is 7.10. The fourth-order valence-corrected chi connectivity index (χ4v) is 5.65. The van der Waals surface area contributed by atoms with Crippen LogP contribution in [-0.2, 0) is 0 Å². The van der Waals surface area contributed by atoms with E-state index in [1.165, 1.54) is 18.9 Å². The van der Waals surface area contributed by atoms with Crippen molar-refractivity contribution in [3.8, 4) is 17.1 Å². The van der Waals surface area contributed by atoms with Gasteiger partial charge in [-0.25, -0.2) is 0 Å². The number of para-hydroxylation sites is 1. The number of nitro benzene ring substituents is 1. The Kier molecular flexibility index (Phi) is 6.51. The van der Waals surface area contributed by atoms with E-state index in [0.29, 0.717) is 22.2 Å². The van der Waals surface area contributed by atoms with Gasteiger partial charge in [0.1, 0.15) is 23.3 Å². The predicted octanol–water partition coefficient (Wildman–Crippen LogP) is 6.75. The lowest BCUT2D eigenvalue weighted by atomic mass is 10.0. The van der Waals surface area contributed by atoms with E-state index in [1.54, 1.807) is 30.5 Å². The molecule has 1 aliphatic heterocycles. The average molecular weight is 527 g/mol. The van der Waals surface area contributed by atoms with Gasteiger partial charge in [-0.2, -0.15) is 0 Å². The van der Waals surface area contributed by atoms with Gasteiger partial charge in [-0.1, -0.05) is 18.2 Å². The molecular formula is C29H26N4O4S. The van der Waals surface area contributed by atoms with E-state index in [0.717, 1.165) is 30.0 Å². The van der Waals surface area contributed by atoms with Crippen LogP contribution < -0.4 is 15.0 Å². The van der Waals surface area contributed by atoms with Crippen molar-refractivity contribution >= 4 is 28.7 Å². The molecule has 0 radical (unpaired) electrons. The summed E-state index contributed by atoms with van der Waals surface area (Å²) in [5, 5.41) is 15.6. The summed E-state index contributed by atoms with van der Waals surface area (Å²) in [7, 11) is 0. The summed E-state index contributed by atoms with van der Waals surface area (Å²) >= 11 is 5.81. The van der Waals surface area contributed by atoms with Gasteiger partial charge in [0.2, 0.25) is 0 Å². The Morgan fingerprint density at radius 2 is 1.76 bits per heavy atom. The lowest BCUT2D eigenvalue weighted by Crippen LogP contribution is -2.29. The van der Waals surface area contributed by atoms with Gasteiger partial charge in [0.25, 0.3) is 5.69 Å². The van der Waals surface area contributed by atoms with Crippen molar-refractivity contribution in [3.05, 3.63) is 107 Å². The van der Waals surface area contributed by atoms with Crippen molar-refractivity contribution in [1.82, 2.24) is 10.3 Å². The zero-order valence-corrected chi connectivity index (χ0v) is 21.3. The topological polar surface area (TPSA) is 93.7 Å². The van der Waals surface area contributed by atoms with Crippen LogP contribution in [0.2, 0.25) is 0 Å². The summed E-state index contributed by atoms with van der Waals surface area (Å²) in [5.74, 6) is 1.88. The van der Waals surface area contributed by atoms with Crippen LogP contribution in [0.4, 0.5) is 11.4 Å². The first-order valence-corrected chi connectivity index (χ1v) is 13.1. The first kappa shape index (κ1) is 24.1. The minimum absolute atomic E-state index is 0.00977. The van der Waals surface area contributed by atoms with Crippen molar-refractivity contribution in [2.75, 3.05) is 4.90 Å². The molecule has 2 aromatic carbocycles. The Balaban J connectivity index is 1.37. The van der Waals surface area contributed by atoms with E-state index in [2.05, 4.69) is 10.3 Å². The van der Waals surface area contributed by atoms with E-state index < -0.39 is 4.92 Å². The number of ether oxygens (including phenoxy) is 1. The lowest BCUT2D eigenvalue weighted by molar-refractivity contribution is -0.384. The number of hydrogen-bond acceptors (Lipinski definition) is 6. The second-order valence-electron chi connectivity index (χ2n) is 9.49. The van der Waals surface area contributed by atoms with Gasteiger partial charge in [-0.15, -0.1) is 0 Å². The number of nitrogens with zero attached hydrogens (tertiary/aromatic N) is 3. The van der Waals surface area contributed by atoms with Crippen LogP contribution in [0.5, 0.6) is 5.75 Å². The molecule has 38 heavy (non-hydrogen) atoms. The summed E-state index contributed by atoms with van der Waals surface area (Å²) in [5.41, 5.74) is 2.11. The zero-order chi connectivity index (χ0) is 26.1. The van der Waals surface area contributed by atoms with Gasteiger partial charge in [0, 0.05) is 18.0 Å². The molecule has 0 spiro atoms. The second-order valence-corrected chi connectivity index (χ2v) is 9.88. The molecule has 1 aliphatic carbocycles. The third-order valence-corrected chi connectivity index (χ3v) is 7.42. The van der Waals surface area contributed by atoms with E-state index in [9.17, 15) is 10.1 Å². The molecule has 3 heterocycles. The fraction of sp³-hybridized carbons (Fsp3) is 0.241. The van der Waals surface area contributed by atoms with Crippen molar-refractivity contribution in [2.45, 2.75) is 43.9 Å². The third kappa shape index (κ3) is 4.61. The number of furan rings is 1. The molecule has 9 heteroatoms. The number of benzene rings is 2. The summed E-state index contributed by atoms with van der Waals surface area (Å²) < 4.78 is 12.5. The number of hydrogen-bond donors (Lipinski definition) is 1. The normalized spacial score (nSPS) is 19.5. The molecule has 2 fully saturated rings. The number of rotatable bonds is 7. The van der Waals surface area contributed by atoms with E-state index in [-0.39, 0.29) is 23.9 Å². The highest BCUT2D eigenvalue weighted by Crippen LogP contribution is 2.44. The molecule has 2 aromatic heterocycles. The summed E-state index contributed by atoms with van der Waals surface area (Å²) in [6, 6.07) is 23.2. The molecule has 2 aliphatic rings. The van der Waals surface area contributed by atoms with E-state index >= 15 is 0 Å². The number of aromatic nitrogens is 1. The highest BCUT2D eigenvalue weighted by Gasteiger charge is 2.42. The highest BCUT2D eigenvalue weighted by atomic mass is 32.1. The largest absolute Gasteiger partial charge is 0.490 e. The van der Waals surface area contributed by atoms with Crippen LogP contribution in [0.25, 0.3) is 11.3 Å². The lowest BCUT2D eigenvalue weighted by Gasteiger charge is -2.26. The van der Waals surface area contributed by atoms with Crippen molar-refractivity contribution in [3.63, 3.8) is 0 Å². The number of nitro groups is 1. The molecule has 192 valence electrons. The molecule has 0 bridgehead atoms. The SMILES string of the molecule is O=[N+]([O-])c1ccccc1-c1ccc([C@@H]2[C@H](c3ccccn3)NC(=S)N2c2ccc(OC3CCCC3)cc2)o1. The van der Waals surface area contributed by atoms with Crippen molar-refractivity contribution in [1.29, 1.82) is 0 Å². The van der Waals surface area contributed by atoms with Crippen LogP contribution in [0, 0.1) is 10.1 Å². The van der Waals surface area contributed by atoms with Crippen molar-refractivity contribution < 1.29 is 14.1 Å². The van der Waals surface area contributed by atoms with Gasteiger partial charge in [-0.05, 0) is 92.5 Å². The Labute approximate surface area is 225 Å². The highest BCUT2D eigenvalue weighted by molar-refractivity contribution is 7.80. The Bertz CT molecular complexity index is 1450. The monoisotopic (exact) mass is 526 g/mol. The van der Waals surface area contributed by atoms with Crippen LogP contribution in [0.3, 0.4) is 0 Å². The molecule has 0 amide bonds. The summed E-state index contributed by atoms with van der Waals surface area (Å²) in [4.78, 5) is 17.8. The Hall–Kier alpha value is -4.24. The molecule has 8 nitrogen and oxygen atoms in total. The predicted molar refractivity (Wildman–Crippen MR) is 148 cm³/mol. The van der Waals surface area contributed by atoms with Crippen LogP contribution in [0.15, 0.2) is 89.5 Å². The number of pyridine rings is 1. The van der Waals surface area contributed by atoms with Crippen LogP contribution in [0.1, 0.15) is 49.2 Å². The molecule has 1 saturated carbocycles. The maximum Gasteiger partial charge on any atom is 0.280 e. The summed E-state index contributed by atoms with van der Waals surface area (Å²) in [6.45, 7) is 0. The number of nitrogens with one attached hydrogen (secondary N) is 1. The van der Waals surface area contributed by atoms with Gasteiger partial charge < -0.3 is 19.4 Å². The molecule has 1 saturated heterocycles. The van der Waals surface area contributed by atoms with Gasteiger partial charge in [0.15, 0.2) is 5.11 Å². The van der Waals surface area contributed by atoms with Crippen molar-refractivity contribution in [2.24, 2.45) is 0 Å². The van der Waals surface area contributed by atoms with Gasteiger partial charge in [-0.3, -0.25) is 15.1 Å². The zero-order valence-electron chi connectivity index (χ0n) is 20.5. The first-order chi connectivity index (χ1) is 18.6. The maximum absolute atomic E-state index is 11.6. The Morgan fingerprint density at radius 3 is 2.50 bits per heavy atom. The smallest absolute Gasteiger partial charge is 0.280 e. The molecule has 1 N–H and O–H groups in total. The van der Waals surface area contributed by atoms with E-state index in [1.807, 2.05) is 53.4 Å². The number of thiocarbonyl (C=S) groups is 1. The molecule has 4 aromatic rings. The molecular weight excluding hydrogens is 500 g/mol. The van der Waals surface area contributed by atoms with E-state index in [4.69, 9.17) is 21.4 Å². The Morgan fingerprint density at radius 1 is 1.00 bits per heavy atom. The molecule has 2 atom stereocenters. The maximum atomic E-state index is 11.6. The second kappa shape index (κ2) is 10.3. The average Bonchev–Trinajstić information content (AvgIpc) is 3.70. The van der Waals surface area contributed by atoms with Gasteiger partial charge in [0.05, 0.1) is 28.3 Å². The van der Waals surface area contributed by atoms with Crippen LogP contribution >= 0.6 is 12.2 Å². The van der Waals surface area contributed by atoms with Crippen LogP contribution in [-0.4, -0.2) is 21.1 Å².